The first kappa shape index (κ1) is 13.8. The number of amides is 2. The number of nitrogens with zero attached hydrogens (tertiary/aromatic N) is 1. The van der Waals surface area contributed by atoms with Crippen LogP contribution in [0.3, 0.4) is 0 Å². The van der Waals surface area contributed by atoms with Gasteiger partial charge in [-0.05, 0) is 6.07 Å². The van der Waals surface area contributed by atoms with Gasteiger partial charge in [0.15, 0.2) is 0 Å². The maximum atomic E-state index is 13.6. The lowest BCUT2D eigenvalue weighted by Crippen LogP contribution is -2.36. The fraction of sp³-hybridized carbons (Fsp3) is 0.273. The Bertz CT molecular complexity index is 606. The summed E-state index contributed by atoms with van der Waals surface area (Å²) in [6.45, 7) is 0.196. The van der Waals surface area contributed by atoms with Crippen molar-refractivity contribution in [3.05, 3.63) is 39.4 Å². The molecule has 0 aliphatic carbocycles. The van der Waals surface area contributed by atoms with Gasteiger partial charge in [-0.1, -0.05) is 0 Å². The SMILES string of the molecule is O=C1CC(NC(=O)c2cc(F)c([N+](=O)[O-])cc2F)CN1. The lowest BCUT2D eigenvalue weighted by molar-refractivity contribution is -0.387. The minimum Gasteiger partial charge on any atom is -0.354 e. The third kappa shape index (κ3) is 2.71. The van der Waals surface area contributed by atoms with E-state index in [0.717, 1.165) is 0 Å². The first-order chi connectivity index (χ1) is 9.38. The van der Waals surface area contributed by atoms with Crippen molar-refractivity contribution in [1.82, 2.24) is 10.6 Å². The van der Waals surface area contributed by atoms with Gasteiger partial charge in [-0.3, -0.25) is 19.7 Å². The molecule has 1 aromatic carbocycles. The number of nitro benzene ring substituents is 1. The Hall–Kier alpha value is -2.58. The van der Waals surface area contributed by atoms with Crippen LogP contribution in [0.15, 0.2) is 12.1 Å². The highest BCUT2D eigenvalue weighted by molar-refractivity contribution is 5.95. The van der Waals surface area contributed by atoms with E-state index < -0.39 is 39.8 Å². The molecule has 9 heteroatoms. The molecule has 0 radical (unpaired) electrons. The molecule has 1 heterocycles. The molecule has 7 nitrogen and oxygen atoms in total. The average Bonchev–Trinajstić information content (AvgIpc) is 2.76. The summed E-state index contributed by atoms with van der Waals surface area (Å²) in [4.78, 5) is 32.0. The molecule has 106 valence electrons. The predicted molar refractivity (Wildman–Crippen MR) is 61.9 cm³/mol. The van der Waals surface area contributed by atoms with Gasteiger partial charge in [-0.15, -0.1) is 0 Å². The molecule has 0 spiro atoms. The number of nitrogens with one attached hydrogen (secondary N) is 2. The normalized spacial score (nSPS) is 17.7. The molecule has 20 heavy (non-hydrogen) atoms. The van der Waals surface area contributed by atoms with Crippen LogP contribution < -0.4 is 10.6 Å². The second-order valence-corrected chi connectivity index (χ2v) is 4.22. The van der Waals surface area contributed by atoms with Crippen LogP contribution in [0.4, 0.5) is 14.5 Å². The summed E-state index contributed by atoms with van der Waals surface area (Å²) in [5.74, 6) is -3.70. The monoisotopic (exact) mass is 285 g/mol. The average molecular weight is 285 g/mol. The van der Waals surface area contributed by atoms with Gasteiger partial charge in [0.05, 0.1) is 22.6 Å². The molecule has 1 fully saturated rings. The van der Waals surface area contributed by atoms with E-state index in [4.69, 9.17) is 0 Å². The van der Waals surface area contributed by atoms with Crippen molar-refractivity contribution in [3.8, 4) is 0 Å². The molecule has 1 unspecified atom stereocenters. The molecule has 1 aliphatic heterocycles. The molecular formula is C11H9F2N3O4. The number of carbonyl (C=O) groups excluding carboxylic acids is 2. The molecule has 1 saturated heterocycles. The number of carbonyl (C=O) groups is 2. The second kappa shape index (κ2) is 5.19. The van der Waals surface area contributed by atoms with E-state index in [1.807, 2.05) is 0 Å². The maximum absolute atomic E-state index is 13.6. The number of benzene rings is 1. The van der Waals surface area contributed by atoms with E-state index in [1.54, 1.807) is 0 Å². The van der Waals surface area contributed by atoms with Gasteiger partial charge in [0.2, 0.25) is 11.7 Å². The molecule has 1 aromatic rings. The standard InChI is InChI=1S/C11H9F2N3O4/c12-7-3-9(16(19)20)8(13)2-6(7)11(18)15-5-1-10(17)14-4-5/h2-3,5H,1,4H2,(H,14,17)(H,15,18). The lowest BCUT2D eigenvalue weighted by atomic mass is 10.1. The van der Waals surface area contributed by atoms with Crippen molar-refractivity contribution in [2.24, 2.45) is 0 Å². The van der Waals surface area contributed by atoms with Crippen LogP contribution in [0.1, 0.15) is 16.8 Å². The fourth-order valence-electron chi connectivity index (χ4n) is 1.82. The third-order valence-corrected chi connectivity index (χ3v) is 2.79. The summed E-state index contributed by atoms with van der Waals surface area (Å²) in [6, 6.07) is 0.294. The quantitative estimate of drug-likeness (QED) is 0.623. The summed E-state index contributed by atoms with van der Waals surface area (Å²) in [5, 5.41) is 15.2. The lowest BCUT2D eigenvalue weighted by Gasteiger charge is -2.10. The zero-order chi connectivity index (χ0) is 14.9. The molecule has 0 aromatic heterocycles. The van der Waals surface area contributed by atoms with Crippen LogP contribution in [0.2, 0.25) is 0 Å². The Morgan fingerprint density at radius 3 is 2.65 bits per heavy atom. The van der Waals surface area contributed by atoms with Crippen molar-refractivity contribution < 1.29 is 23.3 Å². The summed E-state index contributed by atoms with van der Waals surface area (Å²) in [6.07, 6.45) is 0.0445. The largest absolute Gasteiger partial charge is 0.354 e. The number of hydrogen-bond acceptors (Lipinski definition) is 4. The van der Waals surface area contributed by atoms with Crippen LogP contribution in [0.25, 0.3) is 0 Å². The zero-order valence-electron chi connectivity index (χ0n) is 9.98. The van der Waals surface area contributed by atoms with Crippen molar-refractivity contribution in [2.75, 3.05) is 6.54 Å². The van der Waals surface area contributed by atoms with E-state index in [-0.39, 0.29) is 18.9 Å². The Morgan fingerprint density at radius 2 is 2.10 bits per heavy atom. The molecule has 2 rings (SSSR count). The van der Waals surface area contributed by atoms with Crippen LogP contribution in [0.5, 0.6) is 0 Å². The minimum absolute atomic E-state index is 0.0445. The van der Waals surface area contributed by atoms with Gasteiger partial charge in [0.1, 0.15) is 5.82 Å². The van der Waals surface area contributed by atoms with E-state index in [0.29, 0.717) is 12.1 Å². The van der Waals surface area contributed by atoms with Crippen LogP contribution in [-0.4, -0.2) is 29.3 Å². The second-order valence-electron chi connectivity index (χ2n) is 4.22. The number of halogens is 2. The fourth-order valence-corrected chi connectivity index (χ4v) is 1.82. The Morgan fingerprint density at radius 1 is 1.40 bits per heavy atom. The number of hydrogen-bond donors (Lipinski definition) is 2. The smallest absolute Gasteiger partial charge is 0.307 e. The van der Waals surface area contributed by atoms with Gasteiger partial charge < -0.3 is 10.6 Å². The summed E-state index contributed by atoms with van der Waals surface area (Å²) >= 11 is 0. The Labute approximate surface area is 111 Å². The number of rotatable bonds is 3. The molecule has 2 amide bonds. The minimum atomic E-state index is -1.30. The van der Waals surface area contributed by atoms with Gasteiger partial charge in [0.25, 0.3) is 5.91 Å². The summed E-state index contributed by atoms with van der Waals surface area (Å²) in [5.41, 5.74) is -1.69. The van der Waals surface area contributed by atoms with E-state index in [1.165, 1.54) is 0 Å². The van der Waals surface area contributed by atoms with E-state index in [9.17, 15) is 28.5 Å². The topological polar surface area (TPSA) is 101 Å². The molecule has 0 bridgehead atoms. The van der Waals surface area contributed by atoms with Gasteiger partial charge in [-0.25, -0.2) is 4.39 Å². The van der Waals surface area contributed by atoms with Gasteiger partial charge in [-0.2, -0.15) is 4.39 Å². The van der Waals surface area contributed by atoms with Gasteiger partial charge >= 0.3 is 5.69 Å². The first-order valence-corrected chi connectivity index (χ1v) is 5.59. The van der Waals surface area contributed by atoms with Crippen molar-refractivity contribution >= 4 is 17.5 Å². The zero-order valence-corrected chi connectivity index (χ0v) is 9.98. The highest BCUT2D eigenvalue weighted by Gasteiger charge is 2.26. The molecule has 2 N–H and O–H groups in total. The molecule has 0 saturated carbocycles. The predicted octanol–water partition coefficient (Wildman–Crippen LogP) is 0.491. The number of nitro groups is 1. The summed E-state index contributed by atoms with van der Waals surface area (Å²) < 4.78 is 26.9. The molecule has 1 aliphatic rings. The Balaban J connectivity index is 2.20. The van der Waals surface area contributed by atoms with Crippen molar-refractivity contribution in [2.45, 2.75) is 12.5 Å². The van der Waals surface area contributed by atoms with Crippen LogP contribution in [0, 0.1) is 21.7 Å². The summed E-state index contributed by atoms with van der Waals surface area (Å²) in [7, 11) is 0. The molecule has 1 atom stereocenters. The highest BCUT2D eigenvalue weighted by Crippen LogP contribution is 2.21. The highest BCUT2D eigenvalue weighted by atomic mass is 19.1. The molecular weight excluding hydrogens is 276 g/mol. The van der Waals surface area contributed by atoms with Crippen LogP contribution in [-0.2, 0) is 4.79 Å². The Kier molecular flexibility index (Phi) is 3.59. The van der Waals surface area contributed by atoms with Gasteiger partial charge in [0, 0.05) is 13.0 Å². The third-order valence-electron chi connectivity index (χ3n) is 2.79. The van der Waals surface area contributed by atoms with Crippen LogP contribution >= 0.6 is 0 Å². The maximum Gasteiger partial charge on any atom is 0.307 e. The van der Waals surface area contributed by atoms with Crippen molar-refractivity contribution in [3.63, 3.8) is 0 Å². The van der Waals surface area contributed by atoms with E-state index >= 15 is 0 Å². The van der Waals surface area contributed by atoms with E-state index in [2.05, 4.69) is 10.6 Å². The first-order valence-electron chi connectivity index (χ1n) is 5.59. The van der Waals surface area contributed by atoms with Crippen molar-refractivity contribution in [1.29, 1.82) is 0 Å².